The van der Waals surface area contributed by atoms with Crippen molar-refractivity contribution in [2.45, 2.75) is 37.4 Å². The molecule has 1 fully saturated rings. The number of nitrogens with zero attached hydrogens (tertiary/aromatic N) is 1. The Hall–Kier alpha value is -5.70. The van der Waals surface area contributed by atoms with Gasteiger partial charge in [-0.25, -0.2) is 9.36 Å². The van der Waals surface area contributed by atoms with E-state index in [0.717, 1.165) is 16.7 Å². The summed E-state index contributed by atoms with van der Waals surface area (Å²) in [6, 6.07) is 45.3. The fourth-order valence-corrected chi connectivity index (χ4v) is 12.6. The van der Waals surface area contributed by atoms with Crippen LogP contribution in [0.3, 0.4) is 0 Å². The maximum absolute atomic E-state index is 15.1. The Morgan fingerprint density at radius 1 is 0.721 bits per heavy atom. The minimum absolute atomic E-state index is 0.0248. The molecule has 0 radical (unpaired) electrons. The highest BCUT2D eigenvalue weighted by Gasteiger charge is 2.49. The van der Waals surface area contributed by atoms with E-state index in [0.29, 0.717) is 16.5 Å². The fourth-order valence-electron chi connectivity index (χ4n) is 7.50. The summed E-state index contributed by atoms with van der Waals surface area (Å²) in [5, 5.41) is 0.327. The standard InChI is InChI=1S/C49H44Cl2N2O12P2S/c1-33-31-53(48(55)52-47(33)54)46-30-44(45(60-46)32-59-49(34-13-7-4-8-14-34,35-19-24-38(57-2)25-20-35)36-21-26-39(58-3)27-22-36)64-67(68,63-43-28-23-37(50)29-42(43)51)65-66(56,61-40-15-9-5-10-16-40)62-41-17-11-6-12-18-41/h4-29,31,44-46H,30,32H2,1-3H3,(H,52,54,55)/t44-,45+,46+,67?/m0/s1. The van der Waals surface area contributed by atoms with Crippen molar-refractivity contribution in [3.05, 3.63) is 217 Å². The number of hydrogen-bond donors (Lipinski definition) is 1. The van der Waals surface area contributed by atoms with Crippen LogP contribution in [0.4, 0.5) is 0 Å². The summed E-state index contributed by atoms with van der Waals surface area (Å²) in [5.41, 5.74) is -0.184. The molecule has 1 N–H and O–H groups in total. The Kier molecular flexibility index (Phi) is 15.3. The molecule has 0 amide bonds. The molecule has 352 valence electrons. The SMILES string of the molecule is COc1ccc(C(OC[C@H]2O[C@@H](n3cc(C)c(=O)[nH]c3=O)C[C@@H]2OP(=S)(Oc2ccc(Cl)cc2Cl)OP(=O)(Oc2ccccc2)Oc2ccccc2)(c2ccccc2)c2ccc(OC)cc2)cc1. The first-order valence-electron chi connectivity index (χ1n) is 21.0. The number of methoxy groups -OCH3 is 2. The summed E-state index contributed by atoms with van der Waals surface area (Å²) in [5.74, 6) is 1.46. The number of aryl methyl sites for hydroxylation is 1. The number of halogens is 2. The molecule has 1 unspecified atom stereocenters. The number of nitrogens with one attached hydrogen (secondary N) is 1. The number of benzene rings is 6. The minimum atomic E-state index is -4.85. The molecular formula is C49H44Cl2N2O12P2S. The minimum Gasteiger partial charge on any atom is -0.497 e. The molecule has 0 bridgehead atoms. The molecule has 4 atom stereocenters. The van der Waals surface area contributed by atoms with E-state index in [4.69, 9.17) is 76.4 Å². The van der Waals surface area contributed by atoms with Crippen LogP contribution in [-0.2, 0) is 40.3 Å². The fraction of sp³-hybridized carbons (Fsp3) is 0.184. The summed E-state index contributed by atoms with van der Waals surface area (Å²) >= 11 is 19.1. The van der Waals surface area contributed by atoms with E-state index in [1.54, 1.807) is 81.8 Å². The van der Waals surface area contributed by atoms with Crippen LogP contribution in [0.1, 0.15) is 34.9 Å². The zero-order chi connectivity index (χ0) is 47.9. The second-order valence-electron chi connectivity index (χ2n) is 15.3. The van der Waals surface area contributed by atoms with Crippen LogP contribution in [0.15, 0.2) is 174 Å². The molecular weight excluding hydrogens is 973 g/mol. The zero-order valence-electron chi connectivity index (χ0n) is 36.6. The third-order valence-corrected chi connectivity index (χ3v) is 15.8. The van der Waals surface area contributed by atoms with E-state index < -0.39 is 49.8 Å². The van der Waals surface area contributed by atoms with Crippen LogP contribution in [0.2, 0.25) is 10.0 Å². The van der Waals surface area contributed by atoms with Crippen LogP contribution < -0.4 is 34.3 Å². The van der Waals surface area contributed by atoms with Gasteiger partial charge in [-0.05, 0) is 90.3 Å². The highest BCUT2D eigenvalue weighted by Crippen LogP contribution is 2.67. The summed E-state index contributed by atoms with van der Waals surface area (Å²) in [6.07, 6.45) is -2.01. The molecule has 68 heavy (non-hydrogen) atoms. The Labute approximate surface area is 407 Å². The summed E-state index contributed by atoms with van der Waals surface area (Å²) in [7, 11) is -1.69. The van der Waals surface area contributed by atoms with Gasteiger partial charge in [0.05, 0.1) is 25.8 Å². The first-order valence-corrected chi connectivity index (χ1v) is 25.8. The van der Waals surface area contributed by atoms with Crippen molar-refractivity contribution in [3.8, 4) is 28.7 Å². The third kappa shape index (κ3) is 11.2. The number of aromatic amines is 1. The monoisotopic (exact) mass is 1020 g/mol. The van der Waals surface area contributed by atoms with Crippen LogP contribution >= 0.6 is 37.7 Å². The van der Waals surface area contributed by atoms with Crippen molar-refractivity contribution in [1.82, 2.24) is 9.55 Å². The Morgan fingerprint density at radius 3 is 1.78 bits per heavy atom. The number of H-pyrrole nitrogens is 1. The molecule has 0 aliphatic carbocycles. The van der Waals surface area contributed by atoms with Gasteiger partial charge in [0.1, 0.15) is 52.8 Å². The lowest BCUT2D eigenvalue weighted by Gasteiger charge is -2.37. The van der Waals surface area contributed by atoms with Crippen LogP contribution in [0, 0.1) is 6.92 Å². The van der Waals surface area contributed by atoms with Gasteiger partial charge in [0.2, 0.25) is 0 Å². The highest BCUT2D eigenvalue weighted by atomic mass is 35.5. The van der Waals surface area contributed by atoms with Gasteiger partial charge in [-0.15, -0.1) is 0 Å². The van der Waals surface area contributed by atoms with Crippen LogP contribution in [0.5, 0.6) is 28.7 Å². The third-order valence-electron chi connectivity index (χ3n) is 10.8. The summed E-state index contributed by atoms with van der Waals surface area (Å²) in [6.45, 7) is -3.16. The number of phosphoric acid groups is 1. The quantitative estimate of drug-likeness (QED) is 0.0604. The highest BCUT2D eigenvalue weighted by molar-refractivity contribution is 8.09. The molecule has 6 aromatic carbocycles. The second kappa shape index (κ2) is 21.3. The molecule has 8 rings (SSSR count). The summed E-state index contributed by atoms with van der Waals surface area (Å²) < 4.78 is 72.8. The van der Waals surface area contributed by atoms with Crippen LogP contribution in [-0.4, -0.2) is 42.6 Å². The average Bonchev–Trinajstić information content (AvgIpc) is 3.73. The molecule has 14 nitrogen and oxygen atoms in total. The van der Waals surface area contributed by atoms with Gasteiger partial charge < -0.3 is 32.5 Å². The van der Waals surface area contributed by atoms with Crippen molar-refractivity contribution < 1.29 is 45.9 Å². The van der Waals surface area contributed by atoms with Gasteiger partial charge >= 0.3 is 20.2 Å². The molecule has 1 saturated heterocycles. The van der Waals surface area contributed by atoms with Crippen LogP contribution in [0.25, 0.3) is 0 Å². The Bertz CT molecular complexity index is 2950. The number of ether oxygens (including phenoxy) is 4. The molecule has 0 saturated carbocycles. The van der Waals surface area contributed by atoms with Crippen molar-refractivity contribution in [3.63, 3.8) is 0 Å². The lowest BCUT2D eigenvalue weighted by atomic mass is 9.80. The Balaban J connectivity index is 1.24. The van der Waals surface area contributed by atoms with Gasteiger partial charge in [-0.2, -0.15) is 4.31 Å². The number of para-hydroxylation sites is 2. The van der Waals surface area contributed by atoms with Crippen molar-refractivity contribution in [1.29, 1.82) is 0 Å². The van der Waals surface area contributed by atoms with Gasteiger partial charge in [-0.3, -0.25) is 18.9 Å². The average molecular weight is 1020 g/mol. The smallest absolute Gasteiger partial charge is 0.497 e. The maximum Gasteiger partial charge on any atom is 0.595 e. The number of phosphoric ester groups is 1. The van der Waals surface area contributed by atoms with E-state index >= 15 is 4.57 Å². The van der Waals surface area contributed by atoms with Gasteiger partial charge in [0, 0.05) is 35.0 Å². The lowest BCUT2D eigenvalue weighted by Crippen LogP contribution is -2.38. The van der Waals surface area contributed by atoms with E-state index in [1.165, 1.54) is 29.0 Å². The van der Waals surface area contributed by atoms with E-state index in [9.17, 15) is 9.59 Å². The zero-order valence-corrected chi connectivity index (χ0v) is 40.8. The topological polar surface area (TPSA) is 155 Å². The largest absolute Gasteiger partial charge is 0.595 e. The lowest BCUT2D eigenvalue weighted by molar-refractivity contribution is -0.0922. The first kappa shape index (κ1) is 48.7. The van der Waals surface area contributed by atoms with Crippen molar-refractivity contribution in [2.75, 3.05) is 20.8 Å². The van der Waals surface area contributed by atoms with Crippen molar-refractivity contribution in [2.24, 2.45) is 0 Å². The maximum atomic E-state index is 15.1. The van der Waals surface area contributed by atoms with Gasteiger partial charge in [0.25, 0.3) is 5.56 Å². The number of aromatic nitrogens is 2. The second-order valence-corrected chi connectivity index (χ2v) is 20.6. The molecule has 1 aromatic heterocycles. The Morgan fingerprint density at radius 2 is 1.25 bits per heavy atom. The van der Waals surface area contributed by atoms with Crippen molar-refractivity contribution >= 4 is 49.6 Å². The first-order chi connectivity index (χ1) is 32.8. The molecule has 7 aromatic rings. The van der Waals surface area contributed by atoms with E-state index in [2.05, 4.69) is 4.98 Å². The number of hydrogen-bond acceptors (Lipinski definition) is 13. The van der Waals surface area contributed by atoms with E-state index in [-0.39, 0.29) is 40.9 Å². The number of rotatable bonds is 19. The van der Waals surface area contributed by atoms with E-state index in [1.807, 2.05) is 78.9 Å². The molecule has 1 aliphatic rings. The normalized spacial score (nSPS) is 16.9. The predicted octanol–water partition coefficient (Wildman–Crippen LogP) is 11.4. The predicted molar refractivity (Wildman–Crippen MR) is 262 cm³/mol. The van der Waals surface area contributed by atoms with Gasteiger partial charge in [-0.1, -0.05) is 114 Å². The molecule has 0 spiro atoms. The molecule has 1 aliphatic heterocycles. The van der Waals surface area contributed by atoms with Gasteiger partial charge in [0.15, 0.2) is 0 Å². The molecule has 2 heterocycles. The summed E-state index contributed by atoms with van der Waals surface area (Å²) in [4.78, 5) is 28.4. The molecule has 19 heteroatoms.